The van der Waals surface area contributed by atoms with Crippen molar-refractivity contribution in [2.75, 3.05) is 43.6 Å². The largest absolute Gasteiger partial charge is 0.395 e. The lowest BCUT2D eigenvalue weighted by molar-refractivity contribution is 0.304. The molecule has 1 fully saturated rings. The summed E-state index contributed by atoms with van der Waals surface area (Å²) in [5.41, 5.74) is 0. The maximum atomic E-state index is 8.94. The Kier molecular flexibility index (Phi) is 4.36. The second-order valence-electron chi connectivity index (χ2n) is 5.06. The third-order valence-electron chi connectivity index (χ3n) is 3.61. The molecule has 5 heteroatoms. The van der Waals surface area contributed by atoms with Gasteiger partial charge in [-0.15, -0.1) is 0 Å². The molecular formula is C13H22N4O. The standard InChI is InChI=1S/C13H22N4O/c1-16(6-7-18)12-8-13(15-10-14-12)17(2)9-11-4-3-5-11/h8,10-11,18H,3-7,9H2,1-2H3. The lowest BCUT2D eigenvalue weighted by Crippen LogP contribution is -2.30. The first kappa shape index (κ1) is 13.1. The van der Waals surface area contributed by atoms with Crippen molar-refractivity contribution in [3.8, 4) is 0 Å². The first-order valence-corrected chi connectivity index (χ1v) is 6.56. The predicted molar refractivity (Wildman–Crippen MR) is 73.0 cm³/mol. The Labute approximate surface area is 108 Å². The molecule has 0 bridgehead atoms. The van der Waals surface area contributed by atoms with Crippen molar-refractivity contribution in [1.82, 2.24) is 9.97 Å². The van der Waals surface area contributed by atoms with Gasteiger partial charge in [-0.3, -0.25) is 0 Å². The molecule has 0 spiro atoms. The number of rotatable bonds is 6. The van der Waals surface area contributed by atoms with E-state index in [9.17, 15) is 0 Å². The van der Waals surface area contributed by atoms with Crippen molar-refractivity contribution in [1.29, 1.82) is 0 Å². The highest BCUT2D eigenvalue weighted by Gasteiger charge is 2.20. The maximum absolute atomic E-state index is 8.94. The summed E-state index contributed by atoms with van der Waals surface area (Å²) in [7, 11) is 4.00. The fourth-order valence-electron chi connectivity index (χ4n) is 2.18. The SMILES string of the molecule is CN(CCO)c1cc(N(C)CC2CCC2)ncn1. The molecule has 18 heavy (non-hydrogen) atoms. The quantitative estimate of drug-likeness (QED) is 0.820. The van der Waals surface area contributed by atoms with Crippen LogP contribution in [0.4, 0.5) is 11.6 Å². The highest BCUT2D eigenvalue weighted by molar-refractivity contribution is 5.49. The predicted octanol–water partition coefficient (Wildman–Crippen LogP) is 1.14. The first-order valence-electron chi connectivity index (χ1n) is 6.56. The minimum Gasteiger partial charge on any atom is -0.395 e. The minimum absolute atomic E-state index is 0.133. The van der Waals surface area contributed by atoms with Gasteiger partial charge in [0.05, 0.1) is 6.61 Å². The summed E-state index contributed by atoms with van der Waals surface area (Å²) in [4.78, 5) is 12.7. The van der Waals surface area contributed by atoms with Gasteiger partial charge in [-0.25, -0.2) is 9.97 Å². The first-order chi connectivity index (χ1) is 8.70. The van der Waals surface area contributed by atoms with E-state index in [-0.39, 0.29) is 6.61 Å². The lowest BCUT2D eigenvalue weighted by atomic mass is 9.85. The molecule has 1 aromatic heterocycles. The van der Waals surface area contributed by atoms with Crippen molar-refractivity contribution >= 4 is 11.6 Å². The van der Waals surface area contributed by atoms with Crippen LogP contribution in [0.15, 0.2) is 12.4 Å². The summed E-state index contributed by atoms with van der Waals surface area (Å²) in [6, 6.07) is 1.98. The molecule has 0 aromatic carbocycles. The molecule has 0 saturated heterocycles. The number of anilines is 2. The van der Waals surface area contributed by atoms with Crippen LogP contribution in [0.5, 0.6) is 0 Å². The number of likely N-dealkylation sites (N-methyl/N-ethyl adjacent to an activating group) is 1. The molecule has 100 valence electrons. The molecule has 0 aliphatic heterocycles. The highest BCUT2D eigenvalue weighted by Crippen LogP contribution is 2.28. The molecule has 1 aliphatic rings. The molecule has 1 aliphatic carbocycles. The molecule has 0 amide bonds. The van der Waals surface area contributed by atoms with Gasteiger partial charge in [0.1, 0.15) is 18.0 Å². The van der Waals surface area contributed by atoms with E-state index in [0.29, 0.717) is 6.54 Å². The number of aliphatic hydroxyl groups excluding tert-OH is 1. The molecule has 2 rings (SSSR count). The molecule has 5 nitrogen and oxygen atoms in total. The van der Waals surface area contributed by atoms with Crippen LogP contribution >= 0.6 is 0 Å². The fourth-order valence-corrected chi connectivity index (χ4v) is 2.18. The van der Waals surface area contributed by atoms with Gasteiger partial charge in [-0.1, -0.05) is 6.42 Å². The van der Waals surface area contributed by atoms with Crippen LogP contribution in [0.1, 0.15) is 19.3 Å². The van der Waals surface area contributed by atoms with Crippen LogP contribution < -0.4 is 9.80 Å². The second-order valence-corrected chi connectivity index (χ2v) is 5.06. The average Bonchev–Trinajstić information content (AvgIpc) is 2.34. The van der Waals surface area contributed by atoms with Crippen molar-refractivity contribution in [3.63, 3.8) is 0 Å². The molecule has 1 aromatic rings. The van der Waals surface area contributed by atoms with E-state index in [1.165, 1.54) is 19.3 Å². The van der Waals surface area contributed by atoms with Gasteiger partial charge < -0.3 is 14.9 Å². The van der Waals surface area contributed by atoms with E-state index >= 15 is 0 Å². The second kappa shape index (κ2) is 6.00. The Hall–Kier alpha value is -1.36. The van der Waals surface area contributed by atoms with Gasteiger partial charge >= 0.3 is 0 Å². The van der Waals surface area contributed by atoms with Gasteiger partial charge in [0.15, 0.2) is 0 Å². The molecule has 0 atom stereocenters. The molecule has 1 N–H and O–H groups in total. The summed E-state index contributed by atoms with van der Waals surface area (Å²) >= 11 is 0. The summed E-state index contributed by atoms with van der Waals surface area (Å²) in [5, 5.41) is 8.94. The van der Waals surface area contributed by atoms with Gasteiger partial charge in [0.25, 0.3) is 0 Å². The van der Waals surface area contributed by atoms with E-state index in [0.717, 1.165) is 24.1 Å². The van der Waals surface area contributed by atoms with E-state index < -0.39 is 0 Å². The summed E-state index contributed by atoms with van der Waals surface area (Å²) in [6.07, 6.45) is 5.64. The van der Waals surface area contributed by atoms with Crippen molar-refractivity contribution in [3.05, 3.63) is 12.4 Å². The van der Waals surface area contributed by atoms with Crippen molar-refractivity contribution < 1.29 is 5.11 Å². The van der Waals surface area contributed by atoms with Gasteiger partial charge in [-0.05, 0) is 18.8 Å². The normalized spacial score (nSPS) is 15.3. The zero-order valence-corrected chi connectivity index (χ0v) is 11.2. The van der Waals surface area contributed by atoms with Crippen LogP contribution in [-0.4, -0.2) is 48.9 Å². The summed E-state index contributed by atoms with van der Waals surface area (Å²) in [6.45, 7) is 1.79. The number of hydrogen-bond acceptors (Lipinski definition) is 5. The fraction of sp³-hybridized carbons (Fsp3) is 0.692. The smallest absolute Gasteiger partial charge is 0.133 e. The van der Waals surface area contributed by atoms with Crippen molar-refractivity contribution in [2.45, 2.75) is 19.3 Å². The minimum atomic E-state index is 0.133. The number of hydrogen-bond donors (Lipinski definition) is 1. The van der Waals surface area contributed by atoms with Crippen LogP contribution in [0.2, 0.25) is 0 Å². The molecular weight excluding hydrogens is 228 g/mol. The summed E-state index contributed by atoms with van der Waals surface area (Å²) < 4.78 is 0. The Bertz CT molecular complexity index is 381. The topological polar surface area (TPSA) is 52.5 Å². The zero-order valence-electron chi connectivity index (χ0n) is 11.2. The number of nitrogens with zero attached hydrogens (tertiary/aromatic N) is 4. The summed E-state index contributed by atoms with van der Waals surface area (Å²) in [5.74, 6) is 2.63. The third kappa shape index (κ3) is 3.10. The number of aliphatic hydroxyl groups is 1. The Morgan fingerprint density at radius 2 is 1.89 bits per heavy atom. The Morgan fingerprint density at radius 1 is 1.22 bits per heavy atom. The van der Waals surface area contributed by atoms with Gasteiger partial charge in [-0.2, -0.15) is 0 Å². The molecule has 0 radical (unpaired) electrons. The van der Waals surface area contributed by atoms with Crippen molar-refractivity contribution in [2.24, 2.45) is 5.92 Å². The molecule has 1 heterocycles. The van der Waals surface area contributed by atoms with Crippen LogP contribution in [0.3, 0.4) is 0 Å². The Balaban J connectivity index is 2.00. The van der Waals surface area contributed by atoms with Crippen LogP contribution in [0.25, 0.3) is 0 Å². The number of aromatic nitrogens is 2. The lowest BCUT2D eigenvalue weighted by Gasteiger charge is -2.31. The molecule has 1 saturated carbocycles. The average molecular weight is 250 g/mol. The maximum Gasteiger partial charge on any atom is 0.133 e. The molecule has 0 unspecified atom stereocenters. The van der Waals surface area contributed by atoms with Crippen LogP contribution in [0, 0.1) is 5.92 Å². The monoisotopic (exact) mass is 250 g/mol. The zero-order chi connectivity index (χ0) is 13.0. The van der Waals surface area contributed by atoms with E-state index in [1.54, 1.807) is 6.33 Å². The van der Waals surface area contributed by atoms with E-state index in [1.807, 2.05) is 18.0 Å². The Morgan fingerprint density at radius 3 is 2.44 bits per heavy atom. The van der Waals surface area contributed by atoms with E-state index in [2.05, 4.69) is 21.9 Å². The van der Waals surface area contributed by atoms with Crippen LogP contribution in [-0.2, 0) is 0 Å². The van der Waals surface area contributed by atoms with Gasteiger partial charge in [0, 0.05) is 33.3 Å². The van der Waals surface area contributed by atoms with Gasteiger partial charge in [0.2, 0.25) is 0 Å². The highest BCUT2D eigenvalue weighted by atomic mass is 16.3. The van der Waals surface area contributed by atoms with E-state index in [4.69, 9.17) is 5.11 Å². The third-order valence-corrected chi connectivity index (χ3v) is 3.61.